The van der Waals surface area contributed by atoms with Gasteiger partial charge in [-0.3, -0.25) is 0 Å². The zero-order valence-corrected chi connectivity index (χ0v) is 24.5. The number of hydrogen-bond donors (Lipinski definition) is 2. The van der Waals surface area contributed by atoms with Crippen LogP contribution in [-0.4, -0.2) is 9.97 Å². The second kappa shape index (κ2) is 9.78. The van der Waals surface area contributed by atoms with Crippen molar-refractivity contribution < 1.29 is 0 Å². The summed E-state index contributed by atoms with van der Waals surface area (Å²) in [6.45, 7) is 0. The Hall–Kier alpha value is -3.30. The molecule has 7 rings (SSSR count). The maximum Gasteiger partial charge on any atom is 0.108 e. The first-order valence-electron chi connectivity index (χ1n) is 11.9. The Balaban J connectivity index is 1.74. The molecule has 0 atom stereocenters. The summed E-state index contributed by atoms with van der Waals surface area (Å²) in [4.78, 5) is 17.9. The van der Waals surface area contributed by atoms with Crippen LogP contribution in [0.2, 0.25) is 0 Å². The molecule has 5 aromatic carbocycles. The lowest BCUT2D eigenvalue weighted by atomic mass is 10.2. The Morgan fingerprint density at radius 1 is 0.500 bits per heavy atom. The number of aromatic nitrogens is 2. The fourth-order valence-electron chi connectivity index (χ4n) is 4.42. The number of nitrogens with zero attached hydrogens (tertiary/aromatic N) is 2. The molecule has 0 aliphatic rings. The zero-order chi connectivity index (χ0) is 25.6. The van der Waals surface area contributed by atoms with Gasteiger partial charge in [0.25, 0.3) is 0 Å². The monoisotopic (exact) mass is 656 g/mol. The molecule has 38 heavy (non-hydrogen) atoms. The van der Waals surface area contributed by atoms with Crippen LogP contribution in [0.5, 0.6) is 0 Å². The van der Waals surface area contributed by atoms with Crippen LogP contribution in [0.1, 0.15) is 0 Å². The summed E-state index contributed by atoms with van der Waals surface area (Å²) in [6.07, 6.45) is 0. The van der Waals surface area contributed by atoms with Gasteiger partial charge >= 0.3 is 0 Å². The molecule has 0 unspecified atom stereocenters. The average Bonchev–Trinajstić information content (AvgIpc) is 2.95. The molecule has 7 aromatic rings. The lowest BCUT2D eigenvalue weighted by Crippen LogP contribution is -2.16. The summed E-state index contributed by atoms with van der Waals surface area (Å²) in [5, 5.41) is 1.81. The van der Waals surface area contributed by atoms with Crippen LogP contribution < -0.4 is 10.7 Å². The van der Waals surface area contributed by atoms with Crippen LogP contribution in [0, 0.1) is 0 Å². The van der Waals surface area contributed by atoms with E-state index in [1.807, 2.05) is 48.5 Å². The highest BCUT2D eigenvalue weighted by Gasteiger charge is 2.14. The molecular formula is C30H18Br2N4S2. The molecule has 0 saturated carbocycles. The Morgan fingerprint density at radius 3 is 1.32 bits per heavy atom. The minimum Gasteiger partial charge on any atom is -0.351 e. The van der Waals surface area contributed by atoms with E-state index in [2.05, 4.69) is 90.4 Å². The molecule has 0 bridgehead atoms. The summed E-state index contributed by atoms with van der Waals surface area (Å²) in [6, 6.07) is 33.0. The number of H-pyrrole nitrogens is 2. The Labute approximate surface area is 242 Å². The highest BCUT2D eigenvalue weighted by molar-refractivity contribution is 9.10. The molecule has 0 aliphatic heterocycles. The second-order valence-electron chi connectivity index (χ2n) is 8.73. The summed E-state index contributed by atoms with van der Waals surface area (Å²) in [5.74, 6) is 0. The highest BCUT2D eigenvalue weighted by Crippen LogP contribution is 2.29. The molecule has 8 heteroatoms. The molecule has 2 N–H and O–H groups in total. The summed E-state index contributed by atoms with van der Waals surface area (Å²) < 4.78 is 6.47. The van der Waals surface area contributed by atoms with Crippen molar-refractivity contribution in [2.24, 2.45) is 9.98 Å². The van der Waals surface area contributed by atoms with Crippen LogP contribution in [0.25, 0.3) is 40.9 Å². The normalized spacial score (nSPS) is 12.8. The Kier molecular flexibility index (Phi) is 6.12. The number of aromatic amines is 2. The van der Waals surface area contributed by atoms with Gasteiger partial charge in [-0.25, -0.2) is 9.98 Å². The molecule has 0 fully saturated rings. The van der Waals surface area contributed by atoms with E-state index in [9.17, 15) is 0 Å². The van der Waals surface area contributed by atoms with Crippen LogP contribution >= 0.6 is 54.5 Å². The van der Waals surface area contributed by atoms with Gasteiger partial charge in [-0.05, 0) is 72.8 Å². The van der Waals surface area contributed by atoms with Crippen molar-refractivity contribution in [1.82, 2.24) is 9.97 Å². The van der Waals surface area contributed by atoms with E-state index >= 15 is 0 Å². The van der Waals surface area contributed by atoms with Crippen LogP contribution in [-0.2, 0) is 0 Å². The summed E-state index contributed by atoms with van der Waals surface area (Å²) in [7, 11) is 0. The minimum atomic E-state index is 0.889. The third-order valence-corrected chi connectivity index (χ3v) is 9.62. The number of hydrogen-bond acceptors (Lipinski definition) is 4. The lowest BCUT2D eigenvalue weighted by Gasteiger charge is -2.10. The second-order valence-corrected chi connectivity index (χ2v) is 12.7. The first-order chi connectivity index (χ1) is 18.6. The van der Waals surface area contributed by atoms with Crippen LogP contribution in [0.3, 0.4) is 0 Å². The van der Waals surface area contributed by atoms with Crippen molar-refractivity contribution in [2.75, 3.05) is 0 Å². The molecule has 184 valence electrons. The number of fused-ring (bicyclic) bond motifs is 4. The largest absolute Gasteiger partial charge is 0.351 e. The molecule has 0 spiro atoms. The van der Waals surface area contributed by atoms with Gasteiger partial charge < -0.3 is 9.97 Å². The quantitative estimate of drug-likeness (QED) is 0.174. The predicted molar refractivity (Wildman–Crippen MR) is 168 cm³/mol. The summed E-state index contributed by atoms with van der Waals surface area (Å²) >= 11 is 10.6. The van der Waals surface area contributed by atoms with E-state index in [0.29, 0.717) is 0 Å². The van der Waals surface area contributed by atoms with Crippen molar-refractivity contribution in [3.8, 4) is 0 Å². The molecular weight excluding hydrogens is 640 g/mol. The van der Waals surface area contributed by atoms with Crippen molar-refractivity contribution in [3.63, 3.8) is 0 Å². The fourth-order valence-corrected chi connectivity index (χ4v) is 7.13. The zero-order valence-electron chi connectivity index (χ0n) is 19.7. The Morgan fingerprint density at radius 2 is 0.895 bits per heavy atom. The van der Waals surface area contributed by atoms with Crippen LogP contribution in [0.4, 0.5) is 11.4 Å². The molecule has 0 saturated heterocycles. The third kappa shape index (κ3) is 4.37. The van der Waals surface area contributed by atoms with Gasteiger partial charge in [-0.2, -0.15) is 0 Å². The van der Waals surface area contributed by atoms with Gasteiger partial charge in [0, 0.05) is 8.95 Å². The van der Waals surface area contributed by atoms with E-state index in [1.165, 1.54) is 0 Å². The Bertz CT molecular complexity index is 1890. The predicted octanol–water partition coefficient (Wildman–Crippen LogP) is 9.63. The lowest BCUT2D eigenvalue weighted by molar-refractivity contribution is 1.33. The molecule has 0 radical (unpaired) electrons. The van der Waals surface area contributed by atoms with E-state index in [-0.39, 0.29) is 0 Å². The van der Waals surface area contributed by atoms with Gasteiger partial charge in [-0.1, -0.05) is 56.1 Å². The van der Waals surface area contributed by atoms with Crippen molar-refractivity contribution >= 4 is 107 Å². The van der Waals surface area contributed by atoms with Gasteiger partial charge in [0.1, 0.15) is 10.7 Å². The van der Waals surface area contributed by atoms with E-state index in [1.54, 1.807) is 22.7 Å². The third-order valence-electron chi connectivity index (χ3n) is 6.21. The number of halogens is 2. The molecule has 0 amide bonds. The number of benzene rings is 5. The molecule has 2 heterocycles. The first-order valence-corrected chi connectivity index (χ1v) is 15.1. The highest BCUT2D eigenvalue weighted by atomic mass is 79.9. The SMILES string of the molecule is Brc1ccc(N=c2c3[nH]c4ccccc4sc3c(=Nc3ccc(Br)cc3)c3[nH]c4ccccc4sc23)cc1. The smallest absolute Gasteiger partial charge is 0.108 e. The number of para-hydroxylation sites is 2. The van der Waals surface area contributed by atoms with Crippen LogP contribution in [0.15, 0.2) is 116 Å². The van der Waals surface area contributed by atoms with Gasteiger partial charge in [0.15, 0.2) is 0 Å². The maximum atomic E-state index is 5.21. The average molecular weight is 658 g/mol. The topological polar surface area (TPSA) is 56.3 Å². The van der Waals surface area contributed by atoms with Gasteiger partial charge in [0.2, 0.25) is 0 Å². The first kappa shape index (κ1) is 23.8. The van der Waals surface area contributed by atoms with E-state index in [4.69, 9.17) is 9.98 Å². The van der Waals surface area contributed by atoms with Crippen molar-refractivity contribution in [3.05, 3.63) is 117 Å². The van der Waals surface area contributed by atoms with E-state index < -0.39 is 0 Å². The van der Waals surface area contributed by atoms with E-state index in [0.717, 1.165) is 71.9 Å². The van der Waals surface area contributed by atoms with Gasteiger partial charge in [0.05, 0.1) is 52.2 Å². The number of rotatable bonds is 2. The fraction of sp³-hybridized carbons (Fsp3) is 0. The summed E-state index contributed by atoms with van der Waals surface area (Å²) in [5.41, 5.74) is 5.86. The molecule has 4 nitrogen and oxygen atoms in total. The standard InChI is InChI=1S/C30H18Br2N4S2/c31-17-9-13-19(14-10-17)33-25-27-29(37-23-7-3-1-5-21(23)35-27)26(34-20-15-11-18(32)12-16-20)28-30(25)38-24-8-4-2-6-22(24)36-28/h1-16,35-36H. The van der Waals surface area contributed by atoms with Crippen molar-refractivity contribution in [1.29, 1.82) is 0 Å². The van der Waals surface area contributed by atoms with Crippen molar-refractivity contribution in [2.45, 2.75) is 0 Å². The van der Waals surface area contributed by atoms with Gasteiger partial charge in [-0.15, -0.1) is 22.7 Å². The number of nitrogens with one attached hydrogen (secondary N) is 2. The maximum absolute atomic E-state index is 5.21. The minimum absolute atomic E-state index is 0.889. The molecule has 2 aromatic heterocycles. The molecule has 0 aliphatic carbocycles.